The van der Waals surface area contributed by atoms with Gasteiger partial charge in [0.15, 0.2) is 18.1 Å². The van der Waals surface area contributed by atoms with Crippen LogP contribution in [0.2, 0.25) is 0 Å². The number of ether oxygens (including phenoxy) is 3. The number of carbonyl (C=O) groups is 1. The minimum atomic E-state index is -0.433. The summed E-state index contributed by atoms with van der Waals surface area (Å²) >= 11 is 1.36. The van der Waals surface area contributed by atoms with Crippen LogP contribution in [0.5, 0.6) is 11.5 Å². The minimum absolute atomic E-state index is 0.176. The van der Waals surface area contributed by atoms with E-state index < -0.39 is 5.97 Å². The monoisotopic (exact) mass is 350 g/mol. The molecule has 1 heterocycles. The molecule has 0 radical (unpaired) electrons. The van der Waals surface area contributed by atoms with Gasteiger partial charge in [0.2, 0.25) is 5.13 Å². The summed E-state index contributed by atoms with van der Waals surface area (Å²) in [6.45, 7) is 1.87. The Morgan fingerprint density at radius 2 is 2.29 bits per heavy atom. The van der Waals surface area contributed by atoms with E-state index in [-0.39, 0.29) is 6.61 Å². The molecule has 0 fully saturated rings. The molecule has 1 aromatic heterocycles. The zero-order valence-corrected chi connectivity index (χ0v) is 14.1. The number of nitrogens with two attached hydrogens (primary N) is 1. The fourth-order valence-corrected chi connectivity index (χ4v) is 2.27. The van der Waals surface area contributed by atoms with Gasteiger partial charge in [-0.05, 0) is 30.7 Å². The summed E-state index contributed by atoms with van der Waals surface area (Å²) in [5.41, 5.74) is 9.10. The molecule has 9 heteroatoms. The Hall–Kier alpha value is -2.81. The standard InChI is InChI=1S/C15H18N4O4S/c1-3-22-14(20)8-23-11-5-4-10(6-12(11)21-2)7-17-19-15-18-13(16)9-24-15/h4-7,9H,3,8,16H2,1-2H3,(H,18,19). The maximum absolute atomic E-state index is 11.3. The molecule has 2 rings (SSSR count). The van der Waals surface area contributed by atoms with E-state index >= 15 is 0 Å². The maximum Gasteiger partial charge on any atom is 0.344 e. The van der Waals surface area contributed by atoms with E-state index in [0.29, 0.717) is 29.1 Å². The highest BCUT2D eigenvalue weighted by Gasteiger charge is 2.08. The summed E-state index contributed by atoms with van der Waals surface area (Å²) in [4.78, 5) is 15.4. The van der Waals surface area contributed by atoms with Crippen molar-refractivity contribution in [1.29, 1.82) is 0 Å². The van der Waals surface area contributed by atoms with Crippen molar-refractivity contribution in [3.8, 4) is 11.5 Å². The van der Waals surface area contributed by atoms with Crippen molar-refractivity contribution < 1.29 is 19.0 Å². The number of esters is 1. The van der Waals surface area contributed by atoms with Crippen LogP contribution in [-0.2, 0) is 9.53 Å². The second kappa shape index (κ2) is 8.73. The van der Waals surface area contributed by atoms with E-state index in [2.05, 4.69) is 15.5 Å². The molecule has 0 unspecified atom stereocenters. The summed E-state index contributed by atoms with van der Waals surface area (Å²) < 4.78 is 15.5. The first-order valence-electron chi connectivity index (χ1n) is 7.09. The van der Waals surface area contributed by atoms with Crippen molar-refractivity contribution >= 4 is 34.5 Å². The first kappa shape index (κ1) is 17.5. The van der Waals surface area contributed by atoms with Gasteiger partial charge in [-0.2, -0.15) is 5.10 Å². The second-order valence-corrected chi connectivity index (χ2v) is 5.31. The molecule has 128 valence electrons. The van der Waals surface area contributed by atoms with Gasteiger partial charge in [-0.1, -0.05) is 0 Å². The van der Waals surface area contributed by atoms with Crippen LogP contribution in [0.15, 0.2) is 28.7 Å². The Morgan fingerprint density at radius 3 is 2.96 bits per heavy atom. The third kappa shape index (κ3) is 5.13. The molecule has 0 aliphatic rings. The molecule has 8 nitrogen and oxygen atoms in total. The number of thiazole rings is 1. The van der Waals surface area contributed by atoms with Gasteiger partial charge in [0.25, 0.3) is 0 Å². The van der Waals surface area contributed by atoms with Gasteiger partial charge in [-0.15, -0.1) is 11.3 Å². The van der Waals surface area contributed by atoms with E-state index in [0.717, 1.165) is 5.56 Å². The average molecular weight is 350 g/mol. The minimum Gasteiger partial charge on any atom is -0.493 e. The van der Waals surface area contributed by atoms with Crippen LogP contribution >= 0.6 is 11.3 Å². The van der Waals surface area contributed by atoms with Gasteiger partial charge >= 0.3 is 5.97 Å². The number of rotatable bonds is 8. The van der Waals surface area contributed by atoms with Crippen LogP contribution in [0.1, 0.15) is 12.5 Å². The van der Waals surface area contributed by atoms with Gasteiger partial charge in [0, 0.05) is 5.38 Å². The number of hydrazone groups is 1. The average Bonchev–Trinajstić information content (AvgIpc) is 2.99. The van der Waals surface area contributed by atoms with Gasteiger partial charge in [-0.25, -0.2) is 9.78 Å². The molecule has 0 aliphatic carbocycles. The molecular formula is C15H18N4O4S. The quantitative estimate of drug-likeness (QED) is 0.426. The van der Waals surface area contributed by atoms with Crippen LogP contribution in [0.3, 0.4) is 0 Å². The van der Waals surface area contributed by atoms with Crippen LogP contribution in [0.25, 0.3) is 0 Å². The Bertz CT molecular complexity index is 717. The topological polar surface area (TPSA) is 108 Å². The lowest BCUT2D eigenvalue weighted by Gasteiger charge is -2.10. The van der Waals surface area contributed by atoms with Crippen LogP contribution in [-0.4, -0.2) is 37.5 Å². The van der Waals surface area contributed by atoms with Crippen LogP contribution in [0, 0.1) is 0 Å². The first-order valence-corrected chi connectivity index (χ1v) is 7.97. The molecule has 0 spiro atoms. The predicted molar refractivity (Wildman–Crippen MR) is 92.9 cm³/mol. The molecule has 0 aliphatic heterocycles. The predicted octanol–water partition coefficient (Wildman–Crippen LogP) is 2.12. The number of nitrogens with zero attached hydrogens (tertiary/aromatic N) is 2. The smallest absolute Gasteiger partial charge is 0.344 e. The van der Waals surface area contributed by atoms with E-state index in [1.807, 2.05) is 0 Å². The molecule has 0 amide bonds. The van der Waals surface area contributed by atoms with E-state index in [1.165, 1.54) is 18.4 Å². The summed E-state index contributed by atoms with van der Waals surface area (Å²) in [6, 6.07) is 5.22. The highest BCUT2D eigenvalue weighted by molar-refractivity contribution is 7.14. The van der Waals surface area contributed by atoms with Crippen LogP contribution < -0.4 is 20.6 Å². The molecule has 0 bridgehead atoms. The third-order valence-corrected chi connectivity index (χ3v) is 3.50. The second-order valence-electron chi connectivity index (χ2n) is 4.45. The van der Waals surface area contributed by atoms with Gasteiger partial charge in [0.1, 0.15) is 5.82 Å². The van der Waals surface area contributed by atoms with Crippen molar-refractivity contribution in [2.45, 2.75) is 6.92 Å². The zero-order chi connectivity index (χ0) is 17.4. The lowest BCUT2D eigenvalue weighted by Crippen LogP contribution is -2.14. The lowest BCUT2D eigenvalue weighted by atomic mass is 10.2. The molecule has 0 atom stereocenters. The Morgan fingerprint density at radius 1 is 1.46 bits per heavy atom. The molecular weight excluding hydrogens is 332 g/mol. The normalized spacial score (nSPS) is 10.6. The summed E-state index contributed by atoms with van der Waals surface area (Å²) in [5.74, 6) is 0.949. The largest absolute Gasteiger partial charge is 0.493 e. The van der Waals surface area contributed by atoms with Crippen molar-refractivity contribution in [3.63, 3.8) is 0 Å². The van der Waals surface area contributed by atoms with Crippen molar-refractivity contribution in [2.75, 3.05) is 31.5 Å². The summed E-state index contributed by atoms with van der Waals surface area (Å²) in [5, 5.41) is 6.40. The number of carbonyl (C=O) groups excluding carboxylic acids is 1. The van der Waals surface area contributed by atoms with Crippen molar-refractivity contribution in [1.82, 2.24) is 4.98 Å². The number of methoxy groups -OCH3 is 1. The number of hydrogen-bond donors (Lipinski definition) is 2. The SMILES string of the molecule is CCOC(=O)COc1ccc(C=NNc2nc(N)cs2)cc1OC. The molecule has 0 saturated carbocycles. The summed E-state index contributed by atoms with van der Waals surface area (Å²) in [6.07, 6.45) is 1.61. The first-order chi connectivity index (χ1) is 11.6. The molecule has 2 aromatic rings. The maximum atomic E-state index is 11.3. The Balaban J connectivity index is 1.98. The molecule has 1 aromatic carbocycles. The third-order valence-electron chi connectivity index (χ3n) is 2.73. The Kier molecular flexibility index (Phi) is 6.38. The van der Waals surface area contributed by atoms with Crippen LogP contribution in [0.4, 0.5) is 10.9 Å². The molecule has 0 saturated heterocycles. The highest BCUT2D eigenvalue weighted by Crippen LogP contribution is 2.27. The van der Waals surface area contributed by atoms with E-state index in [4.69, 9.17) is 19.9 Å². The van der Waals surface area contributed by atoms with Gasteiger partial charge < -0.3 is 19.9 Å². The van der Waals surface area contributed by atoms with Gasteiger partial charge in [0.05, 0.1) is 19.9 Å². The number of nitrogen functional groups attached to an aromatic ring is 1. The molecule has 24 heavy (non-hydrogen) atoms. The number of benzene rings is 1. The number of aromatic nitrogens is 1. The van der Waals surface area contributed by atoms with E-state index in [1.54, 1.807) is 36.7 Å². The fourth-order valence-electron chi connectivity index (χ4n) is 1.72. The number of hydrogen-bond acceptors (Lipinski definition) is 9. The zero-order valence-electron chi connectivity index (χ0n) is 13.3. The Labute approximate surface area is 143 Å². The number of anilines is 2. The highest BCUT2D eigenvalue weighted by atomic mass is 32.1. The van der Waals surface area contributed by atoms with E-state index in [9.17, 15) is 4.79 Å². The fraction of sp³-hybridized carbons (Fsp3) is 0.267. The lowest BCUT2D eigenvalue weighted by molar-refractivity contribution is -0.145. The van der Waals surface area contributed by atoms with Gasteiger partial charge in [-0.3, -0.25) is 5.43 Å². The number of nitrogens with one attached hydrogen (secondary N) is 1. The van der Waals surface area contributed by atoms with Crippen molar-refractivity contribution in [2.24, 2.45) is 5.10 Å². The van der Waals surface area contributed by atoms with Crippen molar-refractivity contribution in [3.05, 3.63) is 29.1 Å². The molecule has 3 N–H and O–H groups in total. The summed E-state index contributed by atoms with van der Waals surface area (Å²) in [7, 11) is 1.52.